The van der Waals surface area contributed by atoms with E-state index in [1.165, 1.54) is 31.4 Å². The summed E-state index contributed by atoms with van der Waals surface area (Å²) in [6.45, 7) is 0.579. The molecule has 0 aromatic carbocycles. The smallest absolute Gasteiger partial charge is 0.177 e. The van der Waals surface area contributed by atoms with Crippen molar-refractivity contribution in [2.75, 3.05) is 6.54 Å². The van der Waals surface area contributed by atoms with Gasteiger partial charge in [0.1, 0.15) is 0 Å². The fourth-order valence-corrected chi connectivity index (χ4v) is 2.57. The zero-order valence-corrected chi connectivity index (χ0v) is 9.84. The lowest BCUT2D eigenvalue weighted by atomic mass is 10.0. The van der Waals surface area contributed by atoms with Crippen molar-refractivity contribution < 1.29 is 0 Å². The molecule has 2 N–H and O–H groups in total. The number of nitrogens with two attached hydrogens (primary N) is 1. The summed E-state index contributed by atoms with van der Waals surface area (Å²) in [4.78, 5) is 0. The van der Waals surface area contributed by atoms with Crippen LogP contribution in [-0.4, -0.2) is 26.4 Å². The van der Waals surface area contributed by atoms with Crippen LogP contribution in [0.3, 0.4) is 0 Å². The fraction of sp³-hybridized carbons (Fsp3) is 0.583. The van der Waals surface area contributed by atoms with Gasteiger partial charge in [0.05, 0.1) is 5.69 Å². The Bertz CT molecular complexity index is 513. The summed E-state index contributed by atoms with van der Waals surface area (Å²) in [6, 6.07) is 4.10. The maximum Gasteiger partial charge on any atom is 0.177 e. The molecule has 5 nitrogen and oxygen atoms in total. The van der Waals surface area contributed by atoms with Gasteiger partial charge in [0.25, 0.3) is 0 Å². The molecule has 0 saturated heterocycles. The van der Waals surface area contributed by atoms with Crippen molar-refractivity contribution in [3.8, 4) is 0 Å². The number of fused-ring (bicyclic) bond motifs is 1. The number of rotatable bonds is 3. The van der Waals surface area contributed by atoms with E-state index >= 15 is 0 Å². The summed E-state index contributed by atoms with van der Waals surface area (Å²) in [6.07, 6.45) is 5.88. The molecule has 90 valence electrons. The van der Waals surface area contributed by atoms with Gasteiger partial charge in [-0.3, -0.25) is 0 Å². The number of hydrogen-bond acceptors (Lipinski definition) is 4. The summed E-state index contributed by atoms with van der Waals surface area (Å²) in [5, 5.41) is 12.9. The summed E-state index contributed by atoms with van der Waals surface area (Å²) >= 11 is 0. The summed E-state index contributed by atoms with van der Waals surface area (Å²) < 4.78 is 1.85. The van der Waals surface area contributed by atoms with Crippen molar-refractivity contribution in [3.63, 3.8) is 0 Å². The van der Waals surface area contributed by atoms with Crippen LogP contribution in [0.15, 0.2) is 12.1 Å². The maximum absolute atomic E-state index is 5.56. The van der Waals surface area contributed by atoms with Gasteiger partial charge in [-0.15, -0.1) is 10.2 Å². The molecule has 0 aliphatic heterocycles. The van der Waals surface area contributed by atoms with Gasteiger partial charge in [0, 0.05) is 12.3 Å². The summed E-state index contributed by atoms with van der Waals surface area (Å²) in [5.41, 5.74) is 7.55. The largest absolute Gasteiger partial charge is 0.330 e. The SMILES string of the molecule is NCCc1nnc2ccc(C3CCCC3)nn12. The van der Waals surface area contributed by atoms with Crippen LogP contribution in [0.1, 0.15) is 43.1 Å². The fourth-order valence-electron chi connectivity index (χ4n) is 2.57. The Morgan fingerprint density at radius 3 is 2.82 bits per heavy atom. The molecule has 1 saturated carbocycles. The topological polar surface area (TPSA) is 69.1 Å². The lowest BCUT2D eigenvalue weighted by Gasteiger charge is -2.08. The van der Waals surface area contributed by atoms with E-state index in [1.54, 1.807) is 0 Å². The monoisotopic (exact) mass is 231 g/mol. The van der Waals surface area contributed by atoms with Crippen LogP contribution in [0.4, 0.5) is 0 Å². The Balaban J connectivity index is 2.00. The molecule has 0 unspecified atom stereocenters. The first-order valence-corrected chi connectivity index (χ1v) is 6.30. The van der Waals surface area contributed by atoms with E-state index in [9.17, 15) is 0 Å². The average molecular weight is 231 g/mol. The second-order valence-electron chi connectivity index (χ2n) is 4.66. The Labute approximate surface area is 100 Å². The van der Waals surface area contributed by atoms with Crippen LogP contribution >= 0.6 is 0 Å². The molecule has 0 bridgehead atoms. The van der Waals surface area contributed by atoms with Gasteiger partial charge in [-0.2, -0.15) is 9.61 Å². The third-order valence-corrected chi connectivity index (χ3v) is 3.49. The Hall–Kier alpha value is -1.49. The van der Waals surface area contributed by atoms with Gasteiger partial charge in [0.2, 0.25) is 0 Å². The van der Waals surface area contributed by atoms with Gasteiger partial charge < -0.3 is 5.73 Å². The third kappa shape index (κ3) is 1.91. The molecular weight excluding hydrogens is 214 g/mol. The van der Waals surface area contributed by atoms with E-state index in [4.69, 9.17) is 5.73 Å². The van der Waals surface area contributed by atoms with Crippen LogP contribution in [-0.2, 0) is 6.42 Å². The molecular formula is C12H17N5. The van der Waals surface area contributed by atoms with Gasteiger partial charge in [-0.1, -0.05) is 12.8 Å². The Morgan fingerprint density at radius 2 is 2.06 bits per heavy atom. The minimum Gasteiger partial charge on any atom is -0.330 e. The molecule has 2 heterocycles. The normalized spacial score (nSPS) is 17.0. The Kier molecular flexibility index (Phi) is 2.76. The highest BCUT2D eigenvalue weighted by Gasteiger charge is 2.19. The molecule has 2 aromatic rings. The van der Waals surface area contributed by atoms with Crippen LogP contribution in [0.5, 0.6) is 0 Å². The zero-order chi connectivity index (χ0) is 11.7. The van der Waals surface area contributed by atoms with Gasteiger partial charge >= 0.3 is 0 Å². The van der Waals surface area contributed by atoms with Crippen molar-refractivity contribution in [2.45, 2.75) is 38.0 Å². The number of nitrogens with zero attached hydrogens (tertiary/aromatic N) is 4. The van der Waals surface area contributed by atoms with E-state index in [2.05, 4.69) is 21.4 Å². The van der Waals surface area contributed by atoms with Gasteiger partial charge in [0.15, 0.2) is 11.5 Å². The molecule has 0 radical (unpaired) electrons. The van der Waals surface area contributed by atoms with E-state index in [0.717, 1.165) is 17.9 Å². The maximum atomic E-state index is 5.56. The minimum absolute atomic E-state index is 0.579. The third-order valence-electron chi connectivity index (χ3n) is 3.49. The standard InChI is InChI=1S/C12H17N5/c13-8-7-12-15-14-11-6-5-10(16-17(11)12)9-3-1-2-4-9/h5-6,9H,1-4,7-8,13H2. The molecule has 17 heavy (non-hydrogen) atoms. The Morgan fingerprint density at radius 1 is 1.24 bits per heavy atom. The first kappa shape index (κ1) is 10.7. The first-order valence-electron chi connectivity index (χ1n) is 6.30. The highest BCUT2D eigenvalue weighted by Crippen LogP contribution is 2.32. The van der Waals surface area contributed by atoms with Crippen LogP contribution in [0.25, 0.3) is 5.65 Å². The lowest BCUT2D eigenvalue weighted by Crippen LogP contribution is -2.09. The van der Waals surface area contributed by atoms with Crippen molar-refractivity contribution in [1.82, 2.24) is 19.8 Å². The molecule has 2 aromatic heterocycles. The van der Waals surface area contributed by atoms with Crippen molar-refractivity contribution in [2.24, 2.45) is 5.73 Å². The highest BCUT2D eigenvalue weighted by atomic mass is 15.4. The predicted octanol–water partition coefficient (Wildman–Crippen LogP) is 1.28. The second-order valence-corrected chi connectivity index (χ2v) is 4.66. The first-order chi connectivity index (χ1) is 8.38. The van der Waals surface area contributed by atoms with Crippen molar-refractivity contribution >= 4 is 5.65 Å². The van der Waals surface area contributed by atoms with E-state index in [-0.39, 0.29) is 0 Å². The molecule has 1 aliphatic carbocycles. The minimum atomic E-state index is 0.579. The molecule has 3 rings (SSSR count). The number of aromatic nitrogens is 4. The zero-order valence-electron chi connectivity index (χ0n) is 9.84. The quantitative estimate of drug-likeness (QED) is 0.864. The van der Waals surface area contributed by atoms with E-state index in [0.29, 0.717) is 12.5 Å². The predicted molar refractivity (Wildman–Crippen MR) is 64.7 cm³/mol. The number of hydrogen-bond donors (Lipinski definition) is 1. The van der Waals surface area contributed by atoms with Crippen LogP contribution < -0.4 is 5.73 Å². The summed E-state index contributed by atoms with van der Waals surface area (Å²) in [5.74, 6) is 1.48. The molecule has 1 fully saturated rings. The van der Waals surface area contributed by atoms with Gasteiger partial charge in [-0.25, -0.2) is 0 Å². The lowest BCUT2D eigenvalue weighted by molar-refractivity contribution is 0.661. The molecule has 0 atom stereocenters. The summed E-state index contributed by atoms with van der Waals surface area (Å²) in [7, 11) is 0. The van der Waals surface area contributed by atoms with Crippen molar-refractivity contribution in [1.29, 1.82) is 0 Å². The molecule has 0 spiro atoms. The average Bonchev–Trinajstić information content (AvgIpc) is 2.98. The second kappa shape index (κ2) is 4.41. The van der Waals surface area contributed by atoms with E-state index in [1.807, 2.05) is 10.6 Å². The highest BCUT2D eigenvalue weighted by molar-refractivity contribution is 5.36. The van der Waals surface area contributed by atoms with Crippen molar-refractivity contribution in [3.05, 3.63) is 23.7 Å². The molecule has 1 aliphatic rings. The van der Waals surface area contributed by atoms with Gasteiger partial charge in [-0.05, 0) is 31.5 Å². The van der Waals surface area contributed by atoms with E-state index < -0.39 is 0 Å². The van der Waals surface area contributed by atoms with Crippen LogP contribution in [0, 0.1) is 0 Å². The van der Waals surface area contributed by atoms with Crippen LogP contribution in [0.2, 0.25) is 0 Å². The molecule has 5 heteroatoms. The molecule has 0 amide bonds.